The fraction of sp³-hybridized carbons (Fsp3) is 0.385. The zero-order valence-corrected chi connectivity index (χ0v) is 11.5. The zero-order chi connectivity index (χ0) is 13.7. The first-order valence-corrected chi connectivity index (χ1v) is 6.87. The molecule has 1 aliphatic heterocycles. The van der Waals surface area contributed by atoms with Gasteiger partial charge in [0.1, 0.15) is 0 Å². The molecule has 0 bridgehead atoms. The molecule has 0 aromatic heterocycles. The van der Waals surface area contributed by atoms with E-state index in [-0.39, 0.29) is 33.9 Å². The lowest BCUT2D eigenvalue weighted by Gasteiger charge is -2.21. The summed E-state index contributed by atoms with van der Waals surface area (Å²) in [6, 6.07) is 2.88. The number of hydrogen-bond acceptors (Lipinski definition) is 3. The molecule has 2 amide bonds. The van der Waals surface area contributed by atoms with Crippen molar-refractivity contribution in [2.45, 2.75) is 31.3 Å². The molecule has 0 radical (unpaired) electrons. The fourth-order valence-corrected chi connectivity index (χ4v) is 3.14. The third-order valence-electron chi connectivity index (χ3n) is 3.77. The Morgan fingerprint density at radius 2 is 1.58 bits per heavy atom. The number of benzene rings is 1. The number of nitrogens with two attached hydrogens (primary N) is 1. The summed E-state index contributed by atoms with van der Waals surface area (Å²) < 4.78 is 0. The third-order valence-corrected chi connectivity index (χ3v) is 4.49. The Hall–Kier alpha value is -1.10. The summed E-state index contributed by atoms with van der Waals surface area (Å²) in [7, 11) is 0. The standard InChI is InChI=1S/C13H12Cl2N2O2/c14-10-4-8-9(5-11(10)15)13(19)17(12(8)18)7-2-1-6(16)3-7/h4-7H,1-3,16H2. The van der Waals surface area contributed by atoms with E-state index in [1.807, 2.05) is 0 Å². The lowest BCUT2D eigenvalue weighted by Crippen LogP contribution is -2.39. The lowest BCUT2D eigenvalue weighted by atomic mass is 10.1. The Kier molecular flexibility index (Phi) is 3.04. The largest absolute Gasteiger partial charge is 0.328 e. The molecule has 2 atom stereocenters. The van der Waals surface area contributed by atoms with Gasteiger partial charge in [-0.25, -0.2) is 0 Å². The summed E-state index contributed by atoms with van der Waals surface area (Å²) in [5.74, 6) is -0.588. The van der Waals surface area contributed by atoms with Crippen LogP contribution in [0.4, 0.5) is 0 Å². The number of amides is 2. The van der Waals surface area contributed by atoms with Gasteiger partial charge in [0.25, 0.3) is 11.8 Å². The Morgan fingerprint density at radius 3 is 2.00 bits per heavy atom. The maximum absolute atomic E-state index is 12.3. The van der Waals surface area contributed by atoms with Crippen LogP contribution < -0.4 is 5.73 Å². The molecular formula is C13H12Cl2N2O2. The number of imide groups is 1. The van der Waals surface area contributed by atoms with Gasteiger partial charge >= 0.3 is 0 Å². The van der Waals surface area contributed by atoms with E-state index < -0.39 is 0 Å². The van der Waals surface area contributed by atoms with Crippen molar-refractivity contribution in [3.05, 3.63) is 33.3 Å². The highest BCUT2D eigenvalue weighted by atomic mass is 35.5. The van der Waals surface area contributed by atoms with Gasteiger partial charge in [-0.2, -0.15) is 0 Å². The first-order chi connectivity index (χ1) is 8.99. The second kappa shape index (κ2) is 4.47. The van der Waals surface area contributed by atoms with Gasteiger partial charge in [0.05, 0.1) is 21.2 Å². The number of fused-ring (bicyclic) bond motifs is 1. The van der Waals surface area contributed by atoms with E-state index in [9.17, 15) is 9.59 Å². The van der Waals surface area contributed by atoms with E-state index in [2.05, 4.69) is 0 Å². The van der Waals surface area contributed by atoms with Crippen LogP contribution in [-0.2, 0) is 0 Å². The van der Waals surface area contributed by atoms with Crippen LogP contribution in [0.15, 0.2) is 12.1 Å². The van der Waals surface area contributed by atoms with Crippen molar-refractivity contribution >= 4 is 35.0 Å². The second-order valence-electron chi connectivity index (χ2n) is 5.02. The summed E-state index contributed by atoms with van der Waals surface area (Å²) in [6.45, 7) is 0. The van der Waals surface area contributed by atoms with E-state index in [4.69, 9.17) is 28.9 Å². The second-order valence-corrected chi connectivity index (χ2v) is 5.83. The highest BCUT2D eigenvalue weighted by Crippen LogP contribution is 2.35. The van der Waals surface area contributed by atoms with Crippen LogP contribution in [0.1, 0.15) is 40.0 Å². The molecule has 3 rings (SSSR count). The molecule has 19 heavy (non-hydrogen) atoms. The SMILES string of the molecule is NC1CCC(N2C(=O)c3cc(Cl)c(Cl)cc3C2=O)C1. The topological polar surface area (TPSA) is 63.4 Å². The molecule has 4 nitrogen and oxygen atoms in total. The van der Waals surface area contributed by atoms with Gasteiger partial charge in [0, 0.05) is 12.1 Å². The Balaban J connectivity index is 2.00. The van der Waals surface area contributed by atoms with Crippen LogP contribution in [-0.4, -0.2) is 28.8 Å². The minimum atomic E-state index is -0.294. The monoisotopic (exact) mass is 298 g/mol. The van der Waals surface area contributed by atoms with Crippen LogP contribution >= 0.6 is 23.2 Å². The van der Waals surface area contributed by atoms with Crippen molar-refractivity contribution in [1.82, 2.24) is 4.90 Å². The van der Waals surface area contributed by atoms with Gasteiger partial charge in [-0.05, 0) is 31.4 Å². The predicted molar refractivity (Wildman–Crippen MR) is 72.6 cm³/mol. The molecule has 0 spiro atoms. The van der Waals surface area contributed by atoms with E-state index in [0.717, 1.165) is 12.8 Å². The van der Waals surface area contributed by atoms with Crippen molar-refractivity contribution < 1.29 is 9.59 Å². The molecule has 1 aromatic rings. The van der Waals surface area contributed by atoms with Gasteiger partial charge in [0.15, 0.2) is 0 Å². The average Bonchev–Trinajstić information content (AvgIpc) is 2.86. The summed E-state index contributed by atoms with van der Waals surface area (Å²) >= 11 is 11.8. The van der Waals surface area contributed by atoms with Crippen molar-refractivity contribution in [1.29, 1.82) is 0 Å². The minimum absolute atomic E-state index is 0.0569. The van der Waals surface area contributed by atoms with Crippen LogP contribution in [0, 0.1) is 0 Å². The smallest absolute Gasteiger partial charge is 0.261 e. The average molecular weight is 299 g/mol. The molecule has 1 aliphatic carbocycles. The molecule has 0 saturated heterocycles. The number of carbonyl (C=O) groups is 2. The molecule has 1 fully saturated rings. The summed E-state index contributed by atoms with van der Waals surface area (Å²) in [4.78, 5) is 26.0. The molecule has 1 aromatic carbocycles. The predicted octanol–water partition coefficient (Wildman–Crippen LogP) is 2.47. The van der Waals surface area contributed by atoms with Crippen LogP contribution in [0.25, 0.3) is 0 Å². The van der Waals surface area contributed by atoms with Crippen molar-refractivity contribution in [2.75, 3.05) is 0 Å². The molecule has 100 valence electrons. The Morgan fingerprint density at radius 1 is 1.05 bits per heavy atom. The number of rotatable bonds is 1. The Labute approximate surface area is 120 Å². The van der Waals surface area contributed by atoms with Gasteiger partial charge < -0.3 is 5.73 Å². The van der Waals surface area contributed by atoms with Crippen LogP contribution in [0.5, 0.6) is 0 Å². The number of halogens is 2. The first-order valence-electron chi connectivity index (χ1n) is 6.11. The summed E-state index contributed by atoms with van der Waals surface area (Å²) in [5.41, 5.74) is 6.51. The van der Waals surface area contributed by atoms with Crippen molar-refractivity contribution in [3.8, 4) is 0 Å². The van der Waals surface area contributed by atoms with Crippen LogP contribution in [0.2, 0.25) is 10.0 Å². The molecule has 1 saturated carbocycles. The maximum atomic E-state index is 12.3. The number of carbonyl (C=O) groups excluding carboxylic acids is 2. The van der Waals surface area contributed by atoms with E-state index in [0.29, 0.717) is 17.5 Å². The van der Waals surface area contributed by atoms with Gasteiger partial charge in [-0.15, -0.1) is 0 Å². The highest BCUT2D eigenvalue weighted by Gasteiger charge is 2.42. The van der Waals surface area contributed by atoms with Crippen molar-refractivity contribution in [2.24, 2.45) is 5.73 Å². The summed E-state index contributed by atoms with van der Waals surface area (Å²) in [5, 5.41) is 0.568. The van der Waals surface area contributed by atoms with Gasteiger partial charge in [-0.1, -0.05) is 23.2 Å². The third kappa shape index (κ3) is 1.95. The zero-order valence-electron chi connectivity index (χ0n) is 10.0. The molecule has 6 heteroatoms. The van der Waals surface area contributed by atoms with E-state index >= 15 is 0 Å². The van der Waals surface area contributed by atoms with E-state index in [1.54, 1.807) is 0 Å². The fourth-order valence-electron chi connectivity index (χ4n) is 2.81. The van der Waals surface area contributed by atoms with Crippen molar-refractivity contribution in [3.63, 3.8) is 0 Å². The maximum Gasteiger partial charge on any atom is 0.261 e. The van der Waals surface area contributed by atoms with E-state index in [1.165, 1.54) is 17.0 Å². The van der Waals surface area contributed by atoms with Gasteiger partial charge in [-0.3, -0.25) is 14.5 Å². The summed E-state index contributed by atoms with van der Waals surface area (Å²) in [6.07, 6.45) is 2.25. The first kappa shape index (κ1) is 12.9. The van der Waals surface area contributed by atoms with Crippen LogP contribution in [0.3, 0.4) is 0 Å². The number of nitrogens with zero attached hydrogens (tertiary/aromatic N) is 1. The molecule has 2 N–H and O–H groups in total. The quantitative estimate of drug-likeness (QED) is 0.810. The molecule has 2 unspecified atom stereocenters. The minimum Gasteiger partial charge on any atom is -0.328 e. The van der Waals surface area contributed by atoms with Gasteiger partial charge in [0.2, 0.25) is 0 Å². The Bertz CT molecular complexity index is 547. The number of hydrogen-bond donors (Lipinski definition) is 1. The molecule has 1 heterocycles. The lowest BCUT2D eigenvalue weighted by molar-refractivity contribution is 0.0587. The molecular weight excluding hydrogens is 287 g/mol. The molecule has 2 aliphatic rings. The normalized spacial score (nSPS) is 26.2. The highest BCUT2D eigenvalue weighted by molar-refractivity contribution is 6.43.